The Kier molecular flexibility index (Phi) is 4.44. The van der Waals surface area contributed by atoms with Gasteiger partial charge in [0.25, 0.3) is 0 Å². The molecule has 8 heteroatoms. The Bertz CT molecular complexity index is 403. The first kappa shape index (κ1) is 12.9. The molecule has 17 heavy (non-hydrogen) atoms. The van der Waals surface area contributed by atoms with Crippen molar-refractivity contribution in [2.45, 2.75) is 13.8 Å². The van der Waals surface area contributed by atoms with Gasteiger partial charge in [0, 0.05) is 14.0 Å². The number of ether oxygens (including phenoxy) is 1. The van der Waals surface area contributed by atoms with E-state index in [0.29, 0.717) is 6.61 Å². The molecular weight excluding hydrogens is 226 g/mol. The molecule has 94 valence electrons. The fourth-order valence-electron chi connectivity index (χ4n) is 0.994. The molecule has 0 aliphatic carbocycles. The Hall–Kier alpha value is -2.12. The number of amides is 2. The van der Waals surface area contributed by atoms with Crippen molar-refractivity contribution >= 4 is 17.8 Å². The van der Waals surface area contributed by atoms with Crippen LogP contribution in [0.4, 0.5) is 5.95 Å². The summed E-state index contributed by atoms with van der Waals surface area (Å²) < 4.78 is 5.02. The minimum Gasteiger partial charge on any atom is -0.463 e. The largest absolute Gasteiger partial charge is 0.463 e. The summed E-state index contributed by atoms with van der Waals surface area (Å²) in [6.45, 7) is 3.59. The van der Waals surface area contributed by atoms with Gasteiger partial charge < -0.3 is 9.64 Å². The molecule has 0 aliphatic heterocycles. The van der Waals surface area contributed by atoms with Crippen molar-refractivity contribution in [1.29, 1.82) is 0 Å². The van der Waals surface area contributed by atoms with Crippen LogP contribution in [0, 0.1) is 0 Å². The molecule has 1 aromatic rings. The van der Waals surface area contributed by atoms with Crippen LogP contribution in [0.5, 0.6) is 6.01 Å². The average molecular weight is 241 g/mol. The van der Waals surface area contributed by atoms with Crippen LogP contribution in [0.25, 0.3) is 0 Å². The predicted octanol–water partition coefficient (Wildman–Crippen LogP) is -0.380. The molecule has 0 fully saturated rings. The summed E-state index contributed by atoms with van der Waals surface area (Å²) in [4.78, 5) is 27.5. The highest BCUT2D eigenvalue weighted by Gasteiger charge is 2.11. The molecule has 0 radical (unpaired) electrons. The summed E-state index contributed by atoms with van der Waals surface area (Å²) in [6.07, 6.45) is 0. The van der Waals surface area contributed by atoms with Crippen LogP contribution in [0.2, 0.25) is 0 Å². The highest BCUT2D eigenvalue weighted by atomic mass is 16.5. The molecule has 0 saturated heterocycles. The first-order valence-corrected chi connectivity index (χ1v) is 5.09. The molecule has 0 bridgehead atoms. The number of likely N-dealkylation sites (N-methyl/N-ethyl adjacent to an activating group) is 1. The number of nitrogens with zero attached hydrogens (tertiary/aromatic N) is 3. The minimum atomic E-state index is -0.359. The van der Waals surface area contributed by atoms with Gasteiger partial charge in [0.15, 0.2) is 0 Å². The predicted molar refractivity (Wildman–Crippen MR) is 59.5 cm³/mol. The first-order chi connectivity index (χ1) is 8.02. The Labute approximate surface area is 98.3 Å². The Morgan fingerprint density at radius 3 is 2.82 bits per heavy atom. The van der Waals surface area contributed by atoms with Gasteiger partial charge in [-0.1, -0.05) is 0 Å². The van der Waals surface area contributed by atoms with Gasteiger partial charge in [-0.05, 0) is 6.92 Å². The van der Waals surface area contributed by atoms with Crippen LogP contribution >= 0.6 is 0 Å². The Morgan fingerprint density at radius 2 is 2.24 bits per heavy atom. The van der Waals surface area contributed by atoms with Crippen molar-refractivity contribution in [2.24, 2.45) is 0 Å². The number of hydrogen-bond acceptors (Lipinski definition) is 5. The lowest BCUT2D eigenvalue weighted by atomic mass is 10.5. The van der Waals surface area contributed by atoms with Gasteiger partial charge in [-0.25, -0.2) is 5.10 Å². The van der Waals surface area contributed by atoms with Crippen molar-refractivity contribution in [3.63, 3.8) is 0 Å². The minimum absolute atomic E-state index is 0.0417. The van der Waals surface area contributed by atoms with E-state index in [4.69, 9.17) is 4.74 Å². The van der Waals surface area contributed by atoms with Gasteiger partial charge in [-0.3, -0.25) is 14.9 Å². The standard InChI is InChI=1S/C9H15N5O3/c1-4-17-9-11-8(12-13-9)10-7(16)5-14(3)6(2)15/h4-5H2,1-3H3,(H2,10,11,12,13,16). The maximum absolute atomic E-state index is 11.5. The SMILES string of the molecule is CCOc1n[nH]c(NC(=O)CN(C)C(C)=O)n1. The zero-order valence-corrected chi connectivity index (χ0v) is 9.98. The van der Waals surface area contributed by atoms with E-state index >= 15 is 0 Å². The topological polar surface area (TPSA) is 100 Å². The number of carbonyl (C=O) groups is 2. The number of carbonyl (C=O) groups excluding carboxylic acids is 2. The highest BCUT2D eigenvalue weighted by molar-refractivity contribution is 5.92. The van der Waals surface area contributed by atoms with E-state index in [2.05, 4.69) is 20.5 Å². The summed E-state index contributed by atoms with van der Waals surface area (Å²) in [5, 5.41) is 8.69. The zero-order valence-electron chi connectivity index (χ0n) is 9.98. The Morgan fingerprint density at radius 1 is 1.53 bits per heavy atom. The lowest BCUT2D eigenvalue weighted by Gasteiger charge is -2.12. The second-order valence-electron chi connectivity index (χ2n) is 3.32. The highest BCUT2D eigenvalue weighted by Crippen LogP contribution is 2.05. The molecule has 8 nitrogen and oxygen atoms in total. The maximum Gasteiger partial charge on any atom is 0.337 e. The van der Waals surface area contributed by atoms with Crippen molar-refractivity contribution in [3.05, 3.63) is 0 Å². The summed E-state index contributed by atoms with van der Waals surface area (Å²) in [5.41, 5.74) is 0. The first-order valence-electron chi connectivity index (χ1n) is 5.09. The zero-order chi connectivity index (χ0) is 12.8. The van der Waals surface area contributed by atoms with Gasteiger partial charge in [-0.2, -0.15) is 4.98 Å². The van der Waals surface area contributed by atoms with E-state index in [0.717, 1.165) is 0 Å². The summed E-state index contributed by atoms with van der Waals surface area (Å²) in [6, 6.07) is 0.169. The number of hydrogen-bond donors (Lipinski definition) is 2. The normalized spacial score (nSPS) is 9.82. The molecule has 1 rings (SSSR count). The van der Waals surface area contributed by atoms with Gasteiger partial charge >= 0.3 is 6.01 Å². The van der Waals surface area contributed by atoms with E-state index in [-0.39, 0.29) is 30.3 Å². The quantitative estimate of drug-likeness (QED) is 0.732. The molecule has 1 heterocycles. The molecule has 0 aromatic carbocycles. The van der Waals surface area contributed by atoms with E-state index < -0.39 is 0 Å². The number of aromatic amines is 1. The number of aromatic nitrogens is 3. The monoisotopic (exact) mass is 241 g/mol. The van der Waals surface area contributed by atoms with Crippen molar-refractivity contribution < 1.29 is 14.3 Å². The molecule has 0 unspecified atom stereocenters. The molecule has 1 aromatic heterocycles. The van der Waals surface area contributed by atoms with E-state index in [1.165, 1.54) is 18.9 Å². The van der Waals surface area contributed by atoms with Crippen LogP contribution in [0.15, 0.2) is 0 Å². The molecule has 0 atom stereocenters. The smallest absolute Gasteiger partial charge is 0.337 e. The lowest BCUT2D eigenvalue weighted by Crippen LogP contribution is -2.33. The number of anilines is 1. The number of nitrogens with one attached hydrogen (secondary N) is 2. The van der Waals surface area contributed by atoms with Gasteiger partial charge in [0.05, 0.1) is 13.2 Å². The molecular formula is C9H15N5O3. The second-order valence-corrected chi connectivity index (χ2v) is 3.32. The van der Waals surface area contributed by atoms with Crippen LogP contribution in [-0.4, -0.2) is 52.1 Å². The third-order valence-corrected chi connectivity index (χ3v) is 1.91. The number of rotatable bonds is 5. The third kappa shape index (κ3) is 4.09. The van der Waals surface area contributed by atoms with Crippen LogP contribution in [-0.2, 0) is 9.59 Å². The molecule has 2 N–H and O–H groups in total. The Balaban J connectivity index is 2.47. The van der Waals surface area contributed by atoms with Gasteiger partial charge in [0.1, 0.15) is 0 Å². The lowest BCUT2D eigenvalue weighted by molar-refractivity contribution is -0.131. The molecule has 0 spiro atoms. The van der Waals surface area contributed by atoms with Crippen molar-refractivity contribution in [2.75, 3.05) is 25.5 Å². The summed E-state index contributed by atoms with van der Waals surface area (Å²) in [5.74, 6) is -0.356. The summed E-state index contributed by atoms with van der Waals surface area (Å²) >= 11 is 0. The van der Waals surface area contributed by atoms with Gasteiger partial charge in [-0.15, -0.1) is 5.10 Å². The fraction of sp³-hybridized carbons (Fsp3) is 0.556. The van der Waals surface area contributed by atoms with Crippen LogP contribution < -0.4 is 10.1 Å². The average Bonchev–Trinajstić information content (AvgIpc) is 2.65. The van der Waals surface area contributed by atoms with Crippen LogP contribution in [0.1, 0.15) is 13.8 Å². The van der Waals surface area contributed by atoms with Crippen molar-refractivity contribution in [1.82, 2.24) is 20.1 Å². The fourth-order valence-corrected chi connectivity index (χ4v) is 0.994. The molecule has 0 saturated carbocycles. The van der Waals surface area contributed by atoms with E-state index in [1.807, 2.05) is 0 Å². The third-order valence-electron chi connectivity index (χ3n) is 1.91. The molecule has 0 aliphatic rings. The maximum atomic E-state index is 11.5. The van der Waals surface area contributed by atoms with Crippen molar-refractivity contribution in [3.8, 4) is 6.01 Å². The van der Waals surface area contributed by atoms with Gasteiger partial charge in [0.2, 0.25) is 17.8 Å². The summed E-state index contributed by atoms with van der Waals surface area (Å²) in [7, 11) is 1.54. The van der Waals surface area contributed by atoms with E-state index in [9.17, 15) is 9.59 Å². The van der Waals surface area contributed by atoms with Crippen LogP contribution in [0.3, 0.4) is 0 Å². The number of H-pyrrole nitrogens is 1. The second kappa shape index (κ2) is 5.83. The van der Waals surface area contributed by atoms with E-state index in [1.54, 1.807) is 6.92 Å². The molecule has 2 amide bonds.